The zero-order chi connectivity index (χ0) is 16.0. The van der Waals surface area contributed by atoms with Crippen molar-refractivity contribution in [2.24, 2.45) is 0 Å². The SMILES string of the molecule is CS(=O)(=O)N/C=C(/F)c1ccccc1/C=C/c1ccccc1. The number of hydrogen-bond donors (Lipinski definition) is 1. The molecule has 0 aliphatic carbocycles. The summed E-state index contributed by atoms with van der Waals surface area (Å²) in [6, 6.07) is 16.5. The quantitative estimate of drug-likeness (QED) is 0.855. The van der Waals surface area contributed by atoms with Gasteiger partial charge in [0, 0.05) is 11.8 Å². The summed E-state index contributed by atoms with van der Waals surface area (Å²) in [6.45, 7) is 0. The molecule has 0 heterocycles. The van der Waals surface area contributed by atoms with E-state index < -0.39 is 15.9 Å². The second kappa shape index (κ2) is 7.04. The van der Waals surface area contributed by atoms with Gasteiger partial charge in [0.05, 0.1) is 6.26 Å². The van der Waals surface area contributed by atoms with Crippen LogP contribution in [-0.4, -0.2) is 14.7 Å². The Morgan fingerprint density at radius 2 is 1.64 bits per heavy atom. The van der Waals surface area contributed by atoms with E-state index in [1.165, 1.54) is 0 Å². The van der Waals surface area contributed by atoms with Gasteiger partial charge in [0.1, 0.15) is 5.83 Å². The van der Waals surface area contributed by atoms with E-state index in [1.807, 2.05) is 41.1 Å². The van der Waals surface area contributed by atoms with Crippen LogP contribution in [0.4, 0.5) is 4.39 Å². The summed E-state index contributed by atoms with van der Waals surface area (Å²) in [5.74, 6) is -0.640. The van der Waals surface area contributed by atoms with Gasteiger partial charge >= 0.3 is 0 Å². The minimum atomic E-state index is -3.48. The van der Waals surface area contributed by atoms with Crippen molar-refractivity contribution in [3.05, 3.63) is 77.5 Å². The lowest BCUT2D eigenvalue weighted by Gasteiger charge is -2.04. The molecule has 0 atom stereocenters. The summed E-state index contributed by atoms with van der Waals surface area (Å²) in [4.78, 5) is 0. The number of rotatable bonds is 5. The average Bonchev–Trinajstić information content (AvgIpc) is 2.51. The predicted molar refractivity (Wildman–Crippen MR) is 88.9 cm³/mol. The van der Waals surface area contributed by atoms with Crippen molar-refractivity contribution in [1.82, 2.24) is 4.72 Å². The van der Waals surface area contributed by atoms with Crippen LogP contribution in [0.15, 0.2) is 60.8 Å². The van der Waals surface area contributed by atoms with Crippen LogP contribution in [0, 0.1) is 0 Å². The van der Waals surface area contributed by atoms with Gasteiger partial charge in [-0.05, 0) is 11.1 Å². The molecule has 2 aromatic carbocycles. The zero-order valence-corrected chi connectivity index (χ0v) is 12.8. The summed E-state index contributed by atoms with van der Waals surface area (Å²) in [6.07, 6.45) is 5.48. The average molecular weight is 317 g/mol. The molecule has 0 fully saturated rings. The summed E-state index contributed by atoms with van der Waals surface area (Å²) in [5, 5.41) is 0. The monoisotopic (exact) mass is 317 g/mol. The van der Waals surface area contributed by atoms with Crippen molar-refractivity contribution in [2.45, 2.75) is 0 Å². The van der Waals surface area contributed by atoms with Crippen LogP contribution in [0.1, 0.15) is 16.7 Å². The van der Waals surface area contributed by atoms with Crippen molar-refractivity contribution < 1.29 is 12.8 Å². The van der Waals surface area contributed by atoms with E-state index in [-0.39, 0.29) is 0 Å². The molecule has 2 aromatic rings. The Balaban J connectivity index is 2.29. The number of benzene rings is 2. The molecule has 0 aliphatic rings. The molecule has 0 amide bonds. The Bertz CT molecular complexity index is 796. The van der Waals surface area contributed by atoms with Gasteiger partial charge in [0.2, 0.25) is 10.0 Å². The molecule has 0 unspecified atom stereocenters. The van der Waals surface area contributed by atoms with Gasteiger partial charge in [-0.15, -0.1) is 0 Å². The highest BCUT2D eigenvalue weighted by molar-refractivity contribution is 7.88. The molecular weight excluding hydrogens is 301 g/mol. The third-order valence-electron chi connectivity index (χ3n) is 2.87. The molecular formula is C17H16FNO2S. The maximum atomic E-state index is 14.2. The second-order valence-electron chi connectivity index (χ2n) is 4.71. The third kappa shape index (κ3) is 4.86. The molecule has 5 heteroatoms. The van der Waals surface area contributed by atoms with E-state index in [2.05, 4.69) is 0 Å². The topological polar surface area (TPSA) is 46.2 Å². The first-order chi connectivity index (χ1) is 10.5. The first-order valence-electron chi connectivity index (χ1n) is 6.61. The highest BCUT2D eigenvalue weighted by atomic mass is 32.2. The molecule has 114 valence electrons. The first kappa shape index (κ1) is 16.0. The van der Waals surface area contributed by atoms with E-state index in [4.69, 9.17) is 0 Å². The fourth-order valence-electron chi connectivity index (χ4n) is 1.85. The standard InChI is InChI=1S/C17H16FNO2S/c1-22(20,21)19-13-17(18)16-10-6-5-9-15(16)12-11-14-7-3-2-4-8-14/h2-13,19H,1H3/b12-11+,17-13+. The Labute approximate surface area is 129 Å². The maximum absolute atomic E-state index is 14.2. The van der Waals surface area contributed by atoms with Gasteiger partial charge in [-0.25, -0.2) is 12.8 Å². The highest BCUT2D eigenvalue weighted by Crippen LogP contribution is 2.22. The Morgan fingerprint density at radius 3 is 2.32 bits per heavy atom. The third-order valence-corrected chi connectivity index (χ3v) is 3.42. The molecule has 0 saturated heterocycles. The van der Waals surface area contributed by atoms with E-state index in [1.54, 1.807) is 30.3 Å². The minimum absolute atomic E-state index is 0.325. The summed E-state index contributed by atoms with van der Waals surface area (Å²) in [7, 11) is -3.48. The van der Waals surface area contributed by atoms with Crippen molar-refractivity contribution in [1.29, 1.82) is 0 Å². The van der Waals surface area contributed by atoms with Gasteiger partial charge in [0.25, 0.3) is 0 Å². The molecule has 22 heavy (non-hydrogen) atoms. The Hall–Kier alpha value is -2.40. The number of hydrogen-bond acceptors (Lipinski definition) is 2. The fourth-order valence-corrected chi connectivity index (χ4v) is 2.16. The summed E-state index contributed by atoms with van der Waals surface area (Å²) >= 11 is 0. The zero-order valence-electron chi connectivity index (χ0n) is 12.0. The lowest BCUT2D eigenvalue weighted by Crippen LogP contribution is -2.15. The van der Waals surface area contributed by atoms with Crippen molar-refractivity contribution >= 4 is 28.0 Å². The minimum Gasteiger partial charge on any atom is -0.288 e. The van der Waals surface area contributed by atoms with Crippen LogP contribution in [0.2, 0.25) is 0 Å². The highest BCUT2D eigenvalue weighted by Gasteiger charge is 2.06. The molecule has 0 spiro atoms. The van der Waals surface area contributed by atoms with Crippen LogP contribution < -0.4 is 4.72 Å². The fraction of sp³-hybridized carbons (Fsp3) is 0.0588. The van der Waals surface area contributed by atoms with Crippen LogP contribution >= 0.6 is 0 Å². The molecule has 0 aliphatic heterocycles. The van der Waals surface area contributed by atoms with Gasteiger partial charge < -0.3 is 0 Å². The molecule has 0 radical (unpaired) electrons. The van der Waals surface area contributed by atoms with Crippen LogP contribution in [0.3, 0.4) is 0 Å². The van der Waals surface area contributed by atoms with Crippen LogP contribution in [-0.2, 0) is 10.0 Å². The number of nitrogens with one attached hydrogen (secondary N) is 1. The molecule has 3 nitrogen and oxygen atoms in total. The van der Waals surface area contributed by atoms with Gasteiger partial charge in [-0.1, -0.05) is 66.7 Å². The maximum Gasteiger partial charge on any atom is 0.229 e. The molecule has 0 saturated carbocycles. The van der Waals surface area contributed by atoms with Gasteiger partial charge in [0.15, 0.2) is 0 Å². The summed E-state index contributed by atoms with van der Waals surface area (Å²) < 4.78 is 38.2. The lowest BCUT2D eigenvalue weighted by molar-refractivity contribution is 0.596. The first-order valence-corrected chi connectivity index (χ1v) is 8.50. The van der Waals surface area contributed by atoms with E-state index in [0.29, 0.717) is 11.1 Å². The van der Waals surface area contributed by atoms with Crippen LogP contribution in [0.5, 0.6) is 0 Å². The summed E-state index contributed by atoms with van der Waals surface area (Å²) in [5.41, 5.74) is 1.98. The number of sulfonamides is 1. The smallest absolute Gasteiger partial charge is 0.229 e. The van der Waals surface area contributed by atoms with Gasteiger partial charge in [-0.3, -0.25) is 4.72 Å². The van der Waals surface area contributed by atoms with E-state index in [0.717, 1.165) is 18.0 Å². The van der Waals surface area contributed by atoms with Gasteiger partial charge in [-0.2, -0.15) is 0 Å². The Kier molecular flexibility index (Phi) is 5.12. The second-order valence-corrected chi connectivity index (χ2v) is 6.49. The largest absolute Gasteiger partial charge is 0.288 e. The van der Waals surface area contributed by atoms with Crippen molar-refractivity contribution in [3.63, 3.8) is 0 Å². The van der Waals surface area contributed by atoms with E-state index >= 15 is 0 Å². The van der Waals surface area contributed by atoms with Crippen molar-refractivity contribution in [2.75, 3.05) is 6.26 Å². The molecule has 0 bridgehead atoms. The Morgan fingerprint density at radius 1 is 1.00 bits per heavy atom. The molecule has 2 rings (SSSR count). The van der Waals surface area contributed by atoms with E-state index in [9.17, 15) is 12.8 Å². The lowest BCUT2D eigenvalue weighted by atomic mass is 10.0. The van der Waals surface area contributed by atoms with Crippen LogP contribution in [0.25, 0.3) is 18.0 Å². The normalized spacial score (nSPS) is 12.5. The molecule has 0 aromatic heterocycles. The molecule has 1 N–H and O–H groups in total. The predicted octanol–water partition coefficient (Wildman–Crippen LogP) is 3.67. The van der Waals surface area contributed by atoms with Crippen molar-refractivity contribution in [3.8, 4) is 0 Å². The number of halogens is 1.